The van der Waals surface area contributed by atoms with E-state index in [1.165, 1.54) is 11.8 Å². The molecular formula is C21H23N3O. The number of carbonyl (C=O) groups is 1. The van der Waals surface area contributed by atoms with Gasteiger partial charge in [-0.05, 0) is 54.7 Å². The smallest absolute Gasteiger partial charge is 0.267 e. The van der Waals surface area contributed by atoms with E-state index in [0.29, 0.717) is 11.6 Å². The molecule has 2 aromatic carbocycles. The topological polar surface area (TPSA) is 64.9 Å². The second-order valence-electron chi connectivity index (χ2n) is 6.36. The molecule has 2 N–H and O–H groups in total. The van der Waals surface area contributed by atoms with Crippen LogP contribution in [0.2, 0.25) is 0 Å². The van der Waals surface area contributed by atoms with Crippen molar-refractivity contribution in [2.45, 2.75) is 33.6 Å². The van der Waals surface area contributed by atoms with Crippen molar-refractivity contribution in [1.82, 2.24) is 0 Å². The van der Waals surface area contributed by atoms with E-state index in [-0.39, 0.29) is 5.57 Å². The number of nitriles is 1. The van der Waals surface area contributed by atoms with Crippen LogP contribution in [0.5, 0.6) is 0 Å². The van der Waals surface area contributed by atoms with Gasteiger partial charge in [0.2, 0.25) is 0 Å². The Hall–Kier alpha value is -3.06. The lowest BCUT2D eigenvalue weighted by Crippen LogP contribution is -2.14. The number of hydrogen-bond donors (Lipinski definition) is 2. The van der Waals surface area contributed by atoms with Crippen molar-refractivity contribution >= 4 is 17.3 Å². The van der Waals surface area contributed by atoms with Crippen molar-refractivity contribution < 1.29 is 4.79 Å². The van der Waals surface area contributed by atoms with Gasteiger partial charge < -0.3 is 10.6 Å². The second kappa shape index (κ2) is 8.16. The van der Waals surface area contributed by atoms with E-state index < -0.39 is 5.91 Å². The molecule has 0 unspecified atom stereocenters. The molecule has 2 aromatic rings. The summed E-state index contributed by atoms with van der Waals surface area (Å²) in [5.74, 6) is -0.00121. The molecule has 0 aliphatic carbocycles. The standard InChI is InChI=1S/C21H23N3O/c1-14(2)17-7-9-19(10-8-17)24-21(25)18(12-22)13-23-20-11-15(3)5-6-16(20)4/h5-11,13-14,23H,1-4H3,(H,24,25)/b18-13-. The Bertz CT molecular complexity index is 827. The van der Waals surface area contributed by atoms with Gasteiger partial charge in [-0.25, -0.2) is 0 Å². The first-order valence-corrected chi connectivity index (χ1v) is 8.26. The SMILES string of the molecule is Cc1ccc(C)c(N/C=C(/C#N)C(=O)Nc2ccc(C(C)C)cc2)c1. The zero-order chi connectivity index (χ0) is 18.4. The minimum Gasteiger partial charge on any atom is -0.360 e. The molecule has 0 aliphatic rings. The van der Waals surface area contributed by atoms with Gasteiger partial charge in [-0.3, -0.25) is 4.79 Å². The lowest BCUT2D eigenvalue weighted by molar-refractivity contribution is -0.112. The molecule has 0 aliphatic heterocycles. The number of carbonyl (C=O) groups excluding carboxylic acids is 1. The fourth-order valence-electron chi connectivity index (χ4n) is 2.34. The number of benzene rings is 2. The highest BCUT2D eigenvalue weighted by atomic mass is 16.1. The van der Waals surface area contributed by atoms with Crippen LogP contribution in [0, 0.1) is 25.2 Å². The van der Waals surface area contributed by atoms with Crippen molar-refractivity contribution in [3.05, 3.63) is 70.9 Å². The van der Waals surface area contributed by atoms with Gasteiger partial charge in [-0.2, -0.15) is 5.26 Å². The first-order chi connectivity index (χ1) is 11.9. The molecule has 0 aromatic heterocycles. The fourth-order valence-corrected chi connectivity index (χ4v) is 2.34. The third-order valence-electron chi connectivity index (χ3n) is 3.97. The van der Waals surface area contributed by atoms with E-state index in [0.717, 1.165) is 16.8 Å². The highest BCUT2D eigenvalue weighted by Gasteiger charge is 2.10. The van der Waals surface area contributed by atoms with Crippen LogP contribution in [0.4, 0.5) is 11.4 Å². The summed E-state index contributed by atoms with van der Waals surface area (Å²) in [6.07, 6.45) is 1.44. The second-order valence-corrected chi connectivity index (χ2v) is 6.36. The first-order valence-electron chi connectivity index (χ1n) is 8.26. The lowest BCUT2D eigenvalue weighted by Gasteiger charge is -2.09. The van der Waals surface area contributed by atoms with Gasteiger partial charge in [0, 0.05) is 17.6 Å². The van der Waals surface area contributed by atoms with Crippen LogP contribution in [0.15, 0.2) is 54.2 Å². The van der Waals surface area contributed by atoms with Crippen LogP contribution in [0.25, 0.3) is 0 Å². The molecule has 0 heterocycles. The maximum absolute atomic E-state index is 12.3. The molecule has 2 rings (SSSR count). The number of rotatable bonds is 5. The maximum atomic E-state index is 12.3. The number of hydrogen-bond acceptors (Lipinski definition) is 3. The predicted molar refractivity (Wildman–Crippen MR) is 102 cm³/mol. The molecule has 0 radical (unpaired) electrons. The number of anilines is 2. The monoisotopic (exact) mass is 333 g/mol. The summed E-state index contributed by atoms with van der Waals surface area (Å²) in [4.78, 5) is 12.3. The minimum absolute atomic E-state index is 0.0221. The van der Waals surface area contributed by atoms with Crippen molar-refractivity contribution in [1.29, 1.82) is 5.26 Å². The van der Waals surface area contributed by atoms with Crippen LogP contribution < -0.4 is 10.6 Å². The van der Waals surface area contributed by atoms with E-state index in [2.05, 4.69) is 24.5 Å². The molecule has 0 atom stereocenters. The molecule has 0 saturated heterocycles. The summed E-state index contributed by atoms with van der Waals surface area (Å²) in [5.41, 5.74) is 4.92. The van der Waals surface area contributed by atoms with E-state index in [1.807, 2.05) is 62.4 Å². The molecular weight excluding hydrogens is 310 g/mol. The lowest BCUT2D eigenvalue weighted by atomic mass is 10.0. The molecule has 0 fully saturated rings. The average Bonchev–Trinajstić information content (AvgIpc) is 2.58. The van der Waals surface area contributed by atoms with Crippen molar-refractivity contribution in [3.63, 3.8) is 0 Å². The van der Waals surface area contributed by atoms with Crippen molar-refractivity contribution in [2.75, 3.05) is 10.6 Å². The normalized spacial score (nSPS) is 11.1. The molecule has 25 heavy (non-hydrogen) atoms. The minimum atomic E-state index is -0.433. The summed E-state index contributed by atoms with van der Waals surface area (Å²) in [6.45, 7) is 8.19. The van der Waals surface area contributed by atoms with E-state index in [9.17, 15) is 10.1 Å². The van der Waals surface area contributed by atoms with E-state index in [1.54, 1.807) is 0 Å². The van der Waals surface area contributed by atoms with Gasteiger partial charge in [-0.1, -0.05) is 38.1 Å². The van der Waals surface area contributed by atoms with Gasteiger partial charge >= 0.3 is 0 Å². The van der Waals surface area contributed by atoms with Crippen LogP contribution in [0.1, 0.15) is 36.5 Å². The maximum Gasteiger partial charge on any atom is 0.267 e. The van der Waals surface area contributed by atoms with Crippen LogP contribution in [-0.4, -0.2) is 5.91 Å². The molecule has 1 amide bonds. The van der Waals surface area contributed by atoms with Crippen LogP contribution >= 0.6 is 0 Å². The summed E-state index contributed by atoms with van der Waals surface area (Å²) >= 11 is 0. The van der Waals surface area contributed by atoms with Gasteiger partial charge in [0.1, 0.15) is 11.6 Å². The highest BCUT2D eigenvalue weighted by molar-refractivity contribution is 6.06. The van der Waals surface area contributed by atoms with Crippen LogP contribution in [-0.2, 0) is 4.79 Å². The number of nitrogens with one attached hydrogen (secondary N) is 2. The van der Waals surface area contributed by atoms with Crippen LogP contribution in [0.3, 0.4) is 0 Å². The summed E-state index contributed by atoms with van der Waals surface area (Å²) in [6, 6.07) is 15.6. The Balaban J connectivity index is 2.10. The molecule has 4 heteroatoms. The molecule has 128 valence electrons. The predicted octanol–water partition coefficient (Wildman–Crippen LogP) is 4.88. The quantitative estimate of drug-likeness (QED) is 0.605. The van der Waals surface area contributed by atoms with Gasteiger partial charge in [0.05, 0.1) is 0 Å². The Morgan fingerprint density at radius 2 is 1.80 bits per heavy atom. The van der Waals surface area contributed by atoms with Crippen molar-refractivity contribution in [2.24, 2.45) is 0 Å². The summed E-state index contributed by atoms with van der Waals surface area (Å²) in [7, 11) is 0. The zero-order valence-electron chi connectivity index (χ0n) is 15.1. The fraction of sp³-hybridized carbons (Fsp3) is 0.238. The van der Waals surface area contributed by atoms with E-state index >= 15 is 0 Å². The Morgan fingerprint density at radius 1 is 1.12 bits per heavy atom. The number of aryl methyl sites for hydroxylation is 2. The largest absolute Gasteiger partial charge is 0.360 e. The van der Waals surface area contributed by atoms with Gasteiger partial charge in [0.15, 0.2) is 0 Å². The molecule has 0 saturated carbocycles. The van der Waals surface area contributed by atoms with Gasteiger partial charge in [0.25, 0.3) is 5.91 Å². The molecule has 0 spiro atoms. The van der Waals surface area contributed by atoms with Crippen molar-refractivity contribution in [3.8, 4) is 6.07 Å². The highest BCUT2D eigenvalue weighted by Crippen LogP contribution is 2.18. The number of amides is 1. The third-order valence-corrected chi connectivity index (χ3v) is 3.97. The first kappa shape index (κ1) is 18.3. The van der Waals surface area contributed by atoms with E-state index in [4.69, 9.17) is 0 Å². The third kappa shape index (κ3) is 4.95. The average molecular weight is 333 g/mol. The summed E-state index contributed by atoms with van der Waals surface area (Å²) in [5, 5.41) is 15.1. The van der Waals surface area contributed by atoms with Gasteiger partial charge in [-0.15, -0.1) is 0 Å². The molecule has 0 bridgehead atoms. The Kier molecular flexibility index (Phi) is 5.97. The Labute approximate surface area is 149 Å². The number of nitrogens with zero attached hydrogens (tertiary/aromatic N) is 1. The summed E-state index contributed by atoms with van der Waals surface area (Å²) < 4.78 is 0. The Morgan fingerprint density at radius 3 is 2.40 bits per heavy atom. The molecule has 4 nitrogen and oxygen atoms in total. The zero-order valence-corrected chi connectivity index (χ0v) is 15.1.